The monoisotopic (exact) mass is 430 g/mol. The number of benzene rings is 1. The summed E-state index contributed by atoms with van der Waals surface area (Å²) < 4.78 is 25.6. The van der Waals surface area contributed by atoms with Gasteiger partial charge in [0.2, 0.25) is 5.95 Å². The Kier molecular flexibility index (Phi) is 6.84. The van der Waals surface area contributed by atoms with Crippen molar-refractivity contribution < 1.29 is 13.9 Å². The predicted molar refractivity (Wildman–Crippen MR) is 120 cm³/mol. The van der Waals surface area contributed by atoms with Crippen LogP contribution in [0.1, 0.15) is 6.42 Å². The van der Waals surface area contributed by atoms with E-state index in [4.69, 9.17) is 15.2 Å². The van der Waals surface area contributed by atoms with E-state index in [9.17, 15) is 0 Å². The van der Waals surface area contributed by atoms with Gasteiger partial charge < -0.3 is 25.0 Å². The number of likely N-dealkylation sites (N-methyl/N-ethyl adjacent to an activating group) is 1. The van der Waals surface area contributed by atoms with Gasteiger partial charge in [-0.05, 0) is 25.6 Å². The molecule has 2 aliphatic rings. The third-order valence-electron chi connectivity index (χ3n) is 6.14. The van der Waals surface area contributed by atoms with Gasteiger partial charge in [-0.3, -0.25) is 4.90 Å². The fraction of sp³-hybridized carbons (Fsp3) is 0.545. The fourth-order valence-corrected chi connectivity index (χ4v) is 4.20. The number of anilines is 3. The first-order valence-corrected chi connectivity index (χ1v) is 10.7. The van der Waals surface area contributed by atoms with Gasteiger partial charge >= 0.3 is 0 Å². The van der Waals surface area contributed by atoms with Gasteiger partial charge in [-0.2, -0.15) is 0 Å². The van der Waals surface area contributed by atoms with Crippen molar-refractivity contribution in [2.24, 2.45) is 0 Å². The van der Waals surface area contributed by atoms with Crippen LogP contribution in [0.2, 0.25) is 0 Å². The quantitative estimate of drug-likeness (QED) is 0.667. The van der Waals surface area contributed by atoms with Gasteiger partial charge in [-0.15, -0.1) is 0 Å². The van der Waals surface area contributed by atoms with Crippen LogP contribution in [0.4, 0.5) is 21.7 Å². The number of nitrogen functional groups attached to an aromatic ring is 1. The summed E-state index contributed by atoms with van der Waals surface area (Å²) in [6.07, 6.45) is 4.33. The zero-order valence-electron chi connectivity index (χ0n) is 18.3. The standard InChI is InChI=1S/C22H31FN6O2/c1-27(5-8-30-2)17-3-4-29(15-17)21-12-19(23)18(11-20(21)24)16-13-25-22(26-14-16)28-6-9-31-10-7-28/h11-14,17H,3-10,15,24H2,1-2H3. The number of ether oxygens (including phenoxy) is 2. The molecule has 2 N–H and O–H groups in total. The molecule has 4 rings (SSSR count). The van der Waals surface area contributed by atoms with Crippen molar-refractivity contribution in [1.82, 2.24) is 14.9 Å². The van der Waals surface area contributed by atoms with Crippen molar-refractivity contribution in [1.29, 1.82) is 0 Å². The molecule has 168 valence electrons. The van der Waals surface area contributed by atoms with E-state index in [1.54, 1.807) is 25.6 Å². The maximum Gasteiger partial charge on any atom is 0.225 e. The molecule has 8 nitrogen and oxygen atoms in total. The number of halogens is 1. The molecule has 1 atom stereocenters. The van der Waals surface area contributed by atoms with E-state index < -0.39 is 0 Å². The minimum Gasteiger partial charge on any atom is -0.397 e. The van der Waals surface area contributed by atoms with Crippen LogP contribution < -0.4 is 15.5 Å². The lowest BCUT2D eigenvalue weighted by Crippen LogP contribution is -2.37. The summed E-state index contributed by atoms with van der Waals surface area (Å²) in [6.45, 7) is 6.08. The molecule has 1 unspecified atom stereocenters. The molecule has 2 aliphatic heterocycles. The van der Waals surface area contributed by atoms with Crippen LogP contribution in [-0.4, -0.2) is 87.6 Å². The lowest BCUT2D eigenvalue weighted by Gasteiger charge is -2.26. The van der Waals surface area contributed by atoms with E-state index in [0.717, 1.165) is 44.8 Å². The summed E-state index contributed by atoms with van der Waals surface area (Å²) in [6, 6.07) is 3.64. The number of methoxy groups -OCH3 is 1. The van der Waals surface area contributed by atoms with E-state index in [-0.39, 0.29) is 5.82 Å². The molecule has 3 heterocycles. The second-order valence-electron chi connectivity index (χ2n) is 8.12. The minimum absolute atomic E-state index is 0.317. The van der Waals surface area contributed by atoms with Gasteiger partial charge in [0.25, 0.3) is 0 Å². The third kappa shape index (κ3) is 4.89. The SMILES string of the molecule is COCCN(C)C1CCN(c2cc(F)c(-c3cnc(N4CCOCC4)nc3)cc2N)C1. The Bertz CT molecular complexity index is 875. The third-order valence-corrected chi connectivity index (χ3v) is 6.14. The first kappa shape index (κ1) is 21.7. The Hall–Kier alpha value is -2.49. The Labute approximate surface area is 182 Å². The number of aromatic nitrogens is 2. The van der Waals surface area contributed by atoms with Crippen molar-refractivity contribution in [3.8, 4) is 11.1 Å². The van der Waals surface area contributed by atoms with Gasteiger partial charge in [-0.1, -0.05) is 0 Å². The molecule has 2 aromatic rings. The lowest BCUT2D eigenvalue weighted by molar-refractivity contribution is 0.122. The highest BCUT2D eigenvalue weighted by Crippen LogP contribution is 2.34. The molecule has 0 spiro atoms. The highest BCUT2D eigenvalue weighted by atomic mass is 19.1. The normalized spacial score (nSPS) is 19.4. The maximum atomic E-state index is 15.1. The summed E-state index contributed by atoms with van der Waals surface area (Å²) in [5.74, 6) is 0.320. The number of hydrogen-bond acceptors (Lipinski definition) is 8. The van der Waals surface area contributed by atoms with Crippen LogP contribution in [0.25, 0.3) is 11.1 Å². The number of hydrogen-bond donors (Lipinski definition) is 1. The van der Waals surface area contributed by atoms with E-state index in [2.05, 4.69) is 31.7 Å². The summed E-state index contributed by atoms with van der Waals surface area (Å²) in [5, 5.41) is 0. The van der Waals surface area contributed by atoms with Crippen LogP contribution in [0, 0.1) is 5.82 Å². The fourth-order valence-electron chi connectivity index (χ4n) is 4.20. The molecule has 31 heavy (non-hydrogen) atoms. The summed E-state index contributed by atoms with van der Waals surface area (Å²) in [5.41, 5.74) is 8.70. The molecular formula is C22H31FN6O2. The molecule has 0 aliphatic carbocycles. The van der Waals surface area contributed by atoms with Gasteiger partial charge in [0, 0.05) is 69.4 Å². The zero-order chi connectivity index (χ0) is 21.8. The van der Waals surface area contributed by atoms with Gasteiger partial charge in [0.1, 0.15) is 5.82 Å². The Morgan fingerprint density at radius 2 is 1.94 bits per heavy atom. The van der Waals surface area contributed by atoms with Crippen LogP contribution in [0.5, 0.6) is 0 Å². The van der Waals surface area contributed by atoms with E-state index in [1.165, 1.54) is 6.07 Å². The first-order chi connectivity index (χ1) is 15.1. The van der Waals surface area contributed by atoms with Crippen molar-refractivity contribution in [3.05, 3.63) is 30.3 Å². The first-order valence-electron chi connectivity index (χ1n) is 10.7. The maximum absolute atomic E-state index is 15.1. The predicted octanol–water partition coefficient (Wildman–Crippen LogP) is 1.86. The largest absolute Gasteiger partial charge is 0.397 e. The highest BCUT2D eigenvalue weighted by Gasteiger charge is 2.27. The van der Waals surface area contributed by atoms with Crippen molar-refractivity contribution in [2.75, 3.05) is 82.2 Å². The van der Waals surface area contributed by atoms with Gasteiger partial charge in [-0.25, -0.2) is 14.4 Å². The zero-order valence-corrected chi connectivity index (χ0v) is 18.3. The number of morpholine rings is 1. The molecule has 2 fully saturated rings. The summed E-state index contributed by atoms with van der Waals surface area (Å²) in [4.78, 5) is 15.4. The smallest absolute Gasteiger partial charge is 0.225 e. The van der Waals surface area contributed by atoms with Gasteiger partial charge in [0.15, 0.2) is 0 Å². The molecule has 1 aromatic heterocycles. The van der Waals surface area contributed by atoms with Crippen LogP contribution >= 0.6 is 0 Å². The van der Waals surface area contributed by atoms with Crippen molar-refractivity contribution in [3.63, 3.8) is 0 Å². The lowest BCUT2D eigenvalue weighted by atomic mass is 10.1. The second-order valence-corrected chi connectivity index (χ2v) is 8.12. The molecular weight excluding hydrogens is 399 g/mol. The Balaban J connectivity index is 1.47. The summed E-state index contributed by atoms with van der Waals surface area (Å²) >= 11 is 0. The van der Waals surface area contributed by atoms with E-state index in [1.807, 2.05) is 0 Å². The van der Waals surface area contributed by atoms with Gasteiger partial charge in [0.05, 0.1) is 31.2 Å². The molecule has 0 amide bonds. The molecule has 0 bridgehead atoms. The average molecular weight is 431 g/mol. The van der Waals surface area contributed by atoms with Crippen LogP contribution in [-0.2, 0) is 9.47 Å². The van der Waals surface area contributed by atoms with Crippen molar-refractivity contribution >= 4 is 17.3 Å². The average Bonchev–Trinajstić information content (AvgIpc) is 3.29. The molecule has 1 aromatic carbocycles. The Morgan fingerprint density at radius 1 is 1.19 bits per heavy atom. The van der Waals surface area contributed by atoms with E-state index >= 15 is 4.39 Å². The number of nitrogens with zero attached hydrogens (tertiary/aromatic N) is 5. The second kappa shape index (κ2) is 9.76. The summed E-state index contributed by atoms with van der Waals surface area (Å²) in [7, 11) is 3.81. The van der Waals surface area contributed by atoms with Crippen LogP contribution in [0.15, 0.2) is 24.5 Å². The van der Waals surface area contributed by atoms with E-state index in [0.29, 0.717) is 48.6 Å². The molecule has 0 saturated carbocycles. The number of rotatable bonds is 7. The number of nitrogens with two attached hydrogens (primary N) is 1. The highest BCUT2D eigenvalue weighted by molar-refractivity contribution is 5.77. The molecule has 0 radical (unpaired) electrons. The topological polar surface area (TPSA) is 80.0 Å². The van der Waals surface area contributed by atoms with Crippen molar-refractivity contribution in [2.45, 2.75) is 12.5 Å². The molecule has 9 heteroatoms. The minimum atomic E-state index is -0.317. The molecule has 2 saturated heterocycles. The Morgan fingerprint density at radius 3 is 2.65 bits per heavy atom. The van der Waals surface area contributed by atoms with Crippen LogP contribution in [0.3, 0.4) is 0 Å².